The summed E-state index contributed by atoms with van der Waals surface area (Å²) in [6.45, 7) is 1.92. The van der Waals surface area contributed by atoms with Crippen LogP contribution < -0.4 is 5.32 Å². The maximum absolute atomic E-state index is 12.0. The number of benzene rings is 2. The molecular formula is C19H18N2O3S. The topological polar surface area (TPSA) is 71.5 Å². The Labute approximate surface area is 149 Å². The molecule has 0 fully saturated rings. The van der Waals surface area contributed by atoms with Gasteiger partial charge < -0.3 is 9.84 Å². The lowest BCUT2D eigenvalue weighted by atomic mass is 10.0. The summed E-state index contributed by atoms with van der Waals surface area (Å²) in [5.74, 6) is 0.145. The first-order chi connectivity index (χ1) is 12.1. The first-order valence-electron chi connectivity index (χ1n) is 7.79. The third-order valence-corrected chi connectivity index (χ3v) is 4.51. The number of thiazole rings is 1. The van der Waals surface area contributed by atoms with Crippen LogP contribution in [0.5, 0.6) is 5.75 Å². The number of aromatic nitrogens is 1. The smallest absolute Gasteiger partial charge is 0.411 e. The fourth-order valence-corrected chi connectivity index (χ4v) is 2.92. The maximum Gasteiger partial charge on any atom is 0.411 e. The number of carbonyl (C=O) groups is 1. The average Bonchev–Trinajstić information content (AvgIpc) is 3.12. The predicted molar refractivity (Wildman–Crippen MR) is 98.0 cm³/mol. The van der Waals surface area contributed by atoms with Crippen LogP contribution in [0.15, 0.2) is 54.2 Å². The molecule has 6 heteroatoms. The number of amides is 1. The van der Waals surface area contributed by atoms with Gasteiger partial charge in [-0.1, -0.05) is 30.3 Å². The van der Waals surface area contributed by atoms with Crippen LogP contribution in [0.3, 0.4) is 0 Å². The molecule has 0 bridgehead atoms. The van der Waals surface area contributed by atoms with Crippen LogP contribution in [0.1, 0.15) is 21.6 Å². The zero-order valence-corrected chi connectivity index (χ0v) is 14.5. The van der Waals surface area contributed by atoms with E-state index in [0.29, 0.717) is 17.7 Å². The Kier molecular flexibility index (Phi) is 5.30. The molecule has 1 amide bonds. The molecule has 1 heterocycles. The number of hydrogen-bond acceptors (Lipinski definition) is 5. The van der Waals surface area contributed by atoms with Crippen molar-refractivity contribution in [3.8, 4) is 5.75 Å². The molecule has 0 aliphatic carbocycles. The number of aromatic hydroxyl groups is 1. The Hall–Kier alpha value is -2.86. The minimum absolute atomic E-state index is 0.145. The zero-order chi connectivity index (χ0) is 17.6. The van der Waals surface area contributed by atoms with Gasteiger partial charge in [0.1, 0.15) is 12.4 Å². The van der Waals surface area contributed by atoms with Gasteiger partial charge in [-0.15, -0.1) is 11.3 Å². The number of nitrogens with zero attached hydrogens (tertiary/aromatic N) is 1. The molecule has 128 valence electrons. The minimum atomic E-state index is -0.562. The van der Waals surface area contributed by atoms with Gasteiger partial charge in [0.15, 0.2) is 0 Å². The van der Waals surface area contributed by atoms with Crippen LogP contribution in [0.2, 0.25) is 0 Å². The van der Waals surface area contributed by atoms with E-state index in [4.69, 9.17) is 4.74 Å². The van der Waals surface area contributed by atoms with Crippen LogP contribution in [-0.4, -0.2) is 16.2 Å². The fraction of sp³-hybridized carbons (Fsp3) is 0.158. The third-order valence-electron chi connectivity index (χ3n) is 3.76. The van der Waals surface area contributed by atoms with Crippen LogP contribution in [-0.2, 0) is 17.8 Å². The Morgan fingerprint density at radius 1 is 1.24 bits per heavy atom. The molecule has 25 heavy (non-hydrogen) atoms. The molecule has 0 unspecified atom stereocenters. The Bertz CT molecular complexity index is 849. The molecule has 3 rings (SSSR count). The Morgan fingerprint density at radius 3 is 2.76 bits per heavy atom. The van der Waals surface area contributed by atoms with Crippen molar-refractivity contribution in [3.63, 3.8) is 0 Å². The molecule has 0 radical (unpaired) electrons. The van der Waals surface area contributed by atoms with Gasteiger partial charge in [-0.05, 0) is 36.6 Å². The standard InChI is InChI=1S/C19H18N2O3S/c1-13-17(21-19(23)24-11-16-10-20-12-25-16)8-15(9-18(13)22)7-14-5-3-2-4-6-14/h2-6,8-10,12,22H,7,11H2,1H3,(H,21,23). The fourth-order valence-electron chi connectivity index (χ4n) is 2.42. The highest BCUT2D eigenvalue weighted by molar-refractivity contribution is 7.09. The molecule has 2 aromatic carbocycles. The van der Waals surface area contributed by atoms with Crippen LogP contribution in [0, 0.1) is 6.92 Å². The van der Waals surface area contributed by atoms with Crippen molar-refractivity contribution in [2.45, 2.75) is 20.0 Å². The summed E-state index contributed by atoms with van der Waals surface area (Å²) >= 11 is 1.42. The SMILES string of the molecule is Cc1c(O)cc(Cc2ccccc2)cc1NC(=O)OCc1cncs1. The normalized spacial score (nSPS) is 10.4. The van der Waals surface area contributed by atoms with Gasteiger partial charge in [0.2, 0.25) is 0 Å². The number of nitrogens with one attached hydrogen (secondary N) is 1. The monoisotopic (exact) mass is 354 g/mol. The minimum Gasteiger partial charge on any atom is -0.508 e. The number of phenols is 1. The van der Waals surface area contributed by atoms with Crippen molar-refractivity contribution < 1.29 is 14.6 Å². The van der Waals surface area contributed by atoms with E-state index >= 15 is 0 Å². The average molecular weight is 354 g/mol. The predicted octanol–water partition coefficient (Wildman–Crippen LogP) is 4.50. The molecular weight excluding hydrogens is 336 g/mol. The van der Waals surface area contributed by atoms with Gasteiger partial charge in [0.25, 0.3) is 0 Å². The lowest BCUT2D eigenvalue weighted by Gasteiger charge is -2.13. The largest absolute Gasteiger partial charge is 0.508 e. The second-order valence-electron chi connectivity index (χ2n) is 5.62. The second kappa shape index (κ2) is 7.81. The summed E-state index contributed by atoms with van der Waals surface area (Å²) in [6.07, 6.45) is 1.77. The number of phenolic OH excluding ortho intramolecular Hbond substituents is 1. The highest BCUT2D eigenvalue weighted by atomic mass is 32.1. The lowest BCUT2D eigenvalue weighted by molar-refractivity contribution is 0.156. The number of rotatable bonds is 5. The van der Waals surface area contributed by atoms with E-state index < -0.39 is 6.09 Å². The Balaban J connectivity index is 1.70. The zero-order valence-electron chi connectivity index (χ0n) is 13.7. The van der Waals surface area contributed by atoms with Gasteiger partial charge in [-0.3, -0.25) is 10.3 Å². The van der Waals surface area contributed by atoms with Gasteiger partial charge in [0, 0.05) is 11.8 Å². The molecule has 0 atom stereocenters. The number of ether oxygens (including phenoxy) is 1. The maximum atomic E-state index is 12.0. The summed E-state index contributed by atoms with van der Waals surface area (Å²) < 4.78 is 5.18. The highest BCUT2D eigenvalue weighted by Gasteiger charge is 2.11. The van der Waals surface area contributed by atoms with Gasteiger partial charge in [-0.25, -0.2) is 4.79 Å². The van der Waals surface area contributed by atoms with E-state index in [-0.39, 0.29) is 12.4 Å². The molecule has 0 saturated heterocycles. The van der Waals surface area contributed by atoms with E-state index in [9.17, 15) is 9.90 Å². The van der Waals surface area contributed by atoms with Crippen LogP contribution in [0.25, 0.3) is 0 Å². The molecule has 0 aliphatic rings. The third kappa shape index (κ3) is 4.58. The summed E-state index contributed by atoms with van der Waals surface area (Å²) in [4.78, 5) is 16.8. The van der Waals surface area contributed by atoms with Gasteiger partial charge >= 0.3 is 6.09 Å². The molecule has 3 aromatic rings. The van der Waals surface area contributed by atoms with Crippen molar-refractivity contribution >= 4 is 23.1 Å². The Morgan fingerprint density at radius 2 is 2.04 bits per heavy atom. The van der Waals surface area contributed by atoms with Crippen molar-refractivity contribution in [2.24, 2.45) is 0 Å². The summed E-state index contributed by atoms with van der Waals surface area (Å²) in [5, 5.41) is 12.9. The van der Waals surface area contributed by atoms with Crippen molar-refractivity contribution in [1.29, 1.82) is 0 Å². The molecule has 0 aliphatic heterocycles. The van der Waals surface area contributed by atoms with E-state index in [1.165, 1.54) is 11.3 Å². The number of carbonyl (C=O) groups excluding carboxylic acids is 1. The second-order valence-corrected chi connectivity index (χ2v) is 6.59. The first-order valence-corrected chi connectivity index (χ1v) is 8.67. The van der Waals surface area contributed by atoms with Crippen molar-refractivity contribution in [3.05, 3.63) is 75.7 Å². The van der Waals surface area contributed by atoms with E-state index in [1.807, 2.05) is 36.4 Å². The quantitative estimate of drug-likeness (QED) is 0.708. The molecule has 0 saturated carbocycles. The van der Waals surface area contributed by atoms with E-state index in [2.05, 4.69) is 10.3 Å². The first kappa shape index (κ1) is 17.0. The molecule has 2 N–H and O–H groups in total. The molecule has 0 spiro atoms. The highest BCUT2D eigenvalue weighted by Crippen LogP contribution is 2.28. The van der Waals surface area contributed by atoms with E-state index in [1.54, 1.807) is 24.7 Å². The lowest BCUT2D eigenvalue weighted by Crippen LogP contribution is -2.14. The van der Waals surface area contributed by atoms with E-state index in [0.717, 1.165) is 16.0 Å². The van der Waals surface area contributed by atoms with Crippen molar-refractivity contribution in [2.75, 3.05) is 5.32 Å². The number of anilines is 1. The summed E-state index contributed by atoms with van der Waals surface area (Å²) in [7, 11) is 0. The summed E-state index contributed by atoms with van der Waals surface area (Å²) in [6, 6.07) is 13.5. The van der Waals surface area contributed by atoms with Crippen LogP contribution >= 0.6 is 11.3 Å². The van der Waals surface area contributed by atoms with Crippen LogP contribution in [0.4, 0.5) is 10.5 Å². The molecule has 1 aromatic heterocycles. The van der Waals surface area contributed by atoms with Crippen molar-refractivity contribution in [1.82, 2.24) is 4.98 Å². The molecule has 5 nitrogen and oxygen atoms in total. The van der Waals surface area contributed by atoms with Gasteiger partial charge in [0.05, 0.1) is 16.1 Å². The number of hydrogen-bond donors (Lipinski definition) is 2. The van der Waals surface area contributed by atoms with Gasteiger partial charge in [-0.2, -0.15) is 0 Å². The summed E-state index contributed by atoms with van der Waals surface area (Å²) in [5.41, 5.74) is 4.87.